The van der Waals surface area contributed by atoms with Crippen molar-refractivity contribution in [3.05, 3.63) is 238 Å². The molecule has 0 aliphatic heterocycles. The van der Waals surface area contributed by atoms with Crippen LogP contribution >= 0.6 is 0 Å². The van der Waals surface area contributed by atoms with Crippen LogP contribution in [0.15, 0.2) is 170 Å². The molecule has 0 aromatic heterocycles. The Morgan fingerprint density at radius 2 is 0.516 bits per heavy atom. The first-order chi connectivity index (χ1) is 60.0. The highest BCUT2D eigenvalue weighted by atomic mass is 19.4. The Hall–Kier alpha value is -8.81. The van der Waals surface area contributed by atoms with E-state index in [4.69, 9.17) is 62.7 Å². The summed E-state index contributed by atoms with van der Waals surface area (Å²) in [6, 6.07) is 53.5. The van der Waals surface area contributed by atoms with Gasteiger partial charge in [-0.3, -0.25) is 0 Å². The molecular formula is C104H147F11O13. The Labute approximate surface area is 757 Å². The van der Waals surface area contributed by atoms with Gasteiger partial charge in [0.1, 0.15) is 40.2 Å². The Balaban J connectivity index is 0.000000517. The number of phenols is 2. The molecule has 8 aromatic carbocycles. The Morgan fingerprint density at radius 3 is 0.734 bits per heavy atom. The second kappa shape index (κ2) is 58.1. The van der Waals surface area contributed by atoms with Crippen LogP contribution in [-0.2, 0) is 18.9 Å². The molecule has 718 valence electrons. The second-order valence-corrected chi connectivity index (χ2v) is 34.4. The van der Waals surface area contributed by atoms with E-state index >= 15 is 0 Å². The van der Waals surface area contributed by atoms with Gasteiger partial charge in [0.2, 0.25) is 53.7 Å². The first-order valence-electron chi connectivity index (χ1n) is 44.8. The smallest absolute Gasteiger partial charge is 0.402 e. The van der Waals surface area contributed by atoms with E-state index in [1.165, 1.54) is 27.8 Å². The number of alkyl halides is 6. The van der Waals surface area contributed by atoms with Crippen molar-refractivity contribution in [1.29, 1.82) is 0 Å². The predicted octanol–water partition coefficient (Wildman–Crippen LogP) is 30.7. The van der Waals surface area contributed by atoms with E-state index < -0.39 is 83.6 Å². The van der Waals surface area contributed by atoms with Crippen molar-refractivity contribution in [3.63, 3.8) is 0 Å². The molecule has 0 aliphatic rings. The van der Waals surface area contributed by atoms with Gasteiger partial charge in [0.05, 0.1) is 19.8 Å². The maximum absolute atomic E-state index is 13.8. The fourth-order valence-electron chi connectivity index (χ4n) is 11.7. The third kappa shape index (κ3) is 42.0. The largest absolute Gasteiger partial charge is 0.508 e. The summed E-state index contributed by atoms with van der Waals surface area (Å²) in [5.74, 6) is -8.25. The highest BCUT2D eigenvalue weighted by Crippen LogP contribution is 2.42. The van der Waals surface area contributed by atoms with Crippen molar-refractivity contribution < 1.29 is 111 Å². The summed E-state index contributed by atoms with van der Waals surface area (Å²) in [5, 5.41) is 26.9. The quantitative estimate of drug-likeness (QED) is 0.0147. The van der Waals surface area contributed by atoms with Crippen LogP contribution in [0, 0.1) is 51.8 Å². The molecule has 8 aromatic rings. The molecule has 0 bridgehead atoms. The van der Waals surface area contributed by atoms with Gasteiger partial charge in [-0.15, -0.1) is 0 Å². The number of phenolic OH excluding ortho intramolecular Hbond substituents is 2. The summed E-state index contributed by atoms with van der Waals surface area (Å²) >= 11 is 0. The molecule has 0 heterocycles. The lowest BCUT2D eigenvalue weighted by molar-refractivity contribution is -0.305. The normalized spacial score (nSPS) is 14.3. The van der Waals surface area contributed by atoms with Crippen LogP contribution in [0.5, 0.6) is 46.0 Å². The Morgan fingerprint density at radius 1 is 0.289 bits per heavy atom. The zero-order valence-electron chi connectivity index (χ0n) is 80.3. The summed E-state index contributed by atoms with van der Waals surface area (Å²) in [7, 11) is 0. The molecule has 0 spiro atoms. The van der Waals surface area contributed by atoms with Crippen LogP contribution in [-0.4, -0.2) is 92.2 Å². The highest BCUT2D eigenvalue weighted by molar-refractivity contribution is 5.36. The average molecular weight is 1810 g/mol. The van der Waals surface area contributed by atoms with Crippen LogP contribution in [0.4, 0.5) is 48.3 Å². The summed E-state index contributed by atoms with van der Waals surface area (Å²) in [5.41, 5.74) is 7.80. The van der Waals surface area contributed by atoms with Crippen LogP contribution in [0.25, 0.3) is 0 Å². The summed E-state index contributed by atoms with van der Waals surface area (Å²) in [6.45, 7) is 52.3. The zero-order valence-corrected chi connectivity index (χ0v) is 80.3. The lowest BCUT2D eigenvalue weighted by atomic mass is 9.95. The van der Waals surface area contributed by atoms with Gasteiger partial charge in [-0.05, 0) is 238 Å². The SMILES string of the molecule is CCC(C)c1ccc(O)cc1.CCC(C)c1ccc(O)cc1.CCC(C)c1ccc(OC(OCC(C(F)(F)F)C(F)(F)F)C(C)(C)C)cc1.CCC(C)c1ccc(OC(OCCO)C(C)(C)C)cc1.CCC(C)c1ccc(OC(Oc2c(F)c(F)c(F)c(F)c2F)C(C)C)cc1.CCOC(C)Oc1ccc(C(C)CC)cc1.CCOC(C)Oc1ccc(C(C)CC)cc1. The van der Waals surface area contributed by atoms with Crippen LogP contribution in [0.3, 0.4) is 0 Å². The third-order valence-corrected chi connectivity index (χ3v) is 21.5. The molecular weight excluding hydrogens is 1670 g/mol. The highest BCUT2D eigenvalue weighted by Gasteiger charge is 2.57. The molecule has 0 radical (unpaired) electrons. The van der Waals surface area contributed by atoms with Gasteiger partial charge in [0.25, 0.3) is 0 Å². The minimum absolute atomic E-state index is 0.00287. The van der Waals surface area contributed by atoms with Crippen LogP contribution < -0.4 is 28.4 Å². The van der Waals surface area contributed by atoms with Crippen molar-refractivity contribution >= 4 is 0 Å². The maximum atomic E-state index is 13.8. The fraction of sp³-hybridized carbons (Fsp3) is 0.538. The summed E-state index contributed by atoms with van der Waals surface area (Å²) < 4.78 is 198. The molecule has 0 amide bonds. The predicted molar refractivity (Wildman–Crippen MR) is 491 cm³/mol. The molecule has 3 N–H and O–H groups in total. The molecule has 13 nitrogen and oxygen atoms in total. The van der Waals surface area contributed by atoms with Crippen molar-refractivity contribution in [2.75, 3.05) is 33.0 Å². The zero-order chi connectivity index (χ0) is 97.0. The molecule has 8 rings (SSSR count). The first kappa shape index (κ1) is 115. The van der Waals surface area contributed by atoms with Crippen LogP contribution in [0.1, 0.15) is 305 Å². The van der Waals surface area contributed by atoms with Gasteiger partial charge < -0.3 is 62.7 Å². The molecule has 12 atom stereocenters. The molecule has 24 heteroatoms. The van der Waals surface area contributed by atoms with E-state index in [1.54, 1.807) is 83.1 Å². The number of benzene rings is 8. The van der Waals surface area contributed by atoms with Gasteiger partial charge in [0, 0.05) is 30.0 Å². The van der Waals surface area contributed by atoms with E-state index in [0.29, 0.717) is 77.6 Å². The van der Waals surface area contributed by atoms with E-state index in [0.717, 1.165) is 73.3 Å². The van der Waals surface area contributed by atoms with Crippen molar-refractivity contribution in [3.8, 4) is 46.0 Å². The average Bonchev–Trinajstić information content (AvgIpc) is 0.789. The Bertz CT molecular complexity index is 4100. The standard InChI is InChI=1S/C20H21F5O2.C19H26F6O2.C17H28O3.2C14H22O2.2C10H14O/c1-5-11(4)12-6-8-13(9-7-12)26-20(10(2)3)27-19-17(24)15(22)14(21)16(23)18(19)25;1-6-12(2)13-7-9-14(10-8-13)27-16(17(3,4)5)26-11-15(18(20,21)22)19(23,24)25;1-6-13(2)14-7-9-15(10-8-14)20-16(17(3,4)5)19-12-11-18;2*1-5-11(3)13-7-9-14(10-8-13)16-12(4)15-6-2;2*1-3-8(2)9-4-6-10(11)7-5-9/h6-11,20H,5H2,1-4H3;7-10,12,15-16H,6,11H2,1-5H3;7-10,13,16,18H,6,11-12H2,1-5H3;2*7-12H,5-6H2,1-4H3;2*4-8,11H,3H2,1-2H3. The summed E-state index contributed by atoms with van der Waals surface area (Å²) in [4.78, 5) is 0. The lowest BCUT2D eigenvalue weighted by Gasteiger charge is -2.33. The number of aliphatic hydroxyl groups excluding tert-OH is 1. The minimum atomic E-state index is -5.45. The monoisotopic (exact) mass is 1810 g/mol. The number of hydrogen-bond acceptors (Lipinski definition) is 13. The second-order valence-electron chi connectivity index (χ2n) is 34.4. The van der Waals surface area contributed by atoms with Crippen molar-refractivity contribution in [1.82, 2.24) is 0 Å². The topological polar surface area (TPSA) is 153 Å². The molecule has 0 saturated heterocycles. The number of aromatic hydroxyl groups is 2. The van der Waals surface area contributed by atoms with E-state index in [-0.39, 0.29) is 37.5 Å². The van der Waals surface area contributed by atoms with Gasteiger partial charge >= 0.3 is 12.4 Å². The number of halogens is 11. The number of rotatable bonds is 37. The summed E-state index contributed by atoms with van der Waals surface area (Å²) in [6.07, 6.45) is -6.53. The van der Waals surface area contributed by atoms with Gasteiger partial charge in [0.15, 0.2) is 18.5 Å². The molecule has 0 saturated carbocycles. The molecule has 0 aliphatic carbocycles. The number of hydrogen-bond donors (Lipinski definition) is 3. The third-order valence-electron chi connectivity index (χ3n) is 21.5. The first-order valence-corrected chi connectivity index (χ1v) is 44.8. The van der Waals surface area contributed by atoms with Gasteiger partial charge in [-0.2, -0.15) is 35.1 Å². The van der Waals surface area contributed by atoms with Gasteiger partial charge in [-0.25, -0.2) is 13.2 Å². The lowest BCUT2D eigenvalue weighted by Crippen LogP contribution is -2.43. The van der Waals surface area contributed by atoms with Crippen molar-refractivity contribution in [2.24, 2.45) is 22.7 Å². The molecule has 0 fully saturated rings. The van der Waals surface area contributed by atoms with E-state index in [2.05, 4.69) is 140 Å². The molecule has 12 unspecified atom stereocenters. The van der Waals surface area contributed by atoms with Crippen molar-refractivity contribution in [2.45, 2.75) is 310 Å². The minimum Gasteiger partial charge on any atom is -0.508 e. The number of ether oxygens (including phenoxy) is 10. The van der Waals surface area contributed by atoms with E-state index in [9.17, 15) is 48.3 Å². The van der Waals surface area contributed by atoms with Crippen LogP contribution in [0.2, 0.25) is 0 Å². The molecule has 128 heavy (non-hydrogen) atoms. The fourth-order valence-corrected chi connectivity index (χ4v) is 11.7. The van der Waals surface area contributed by atoms with E-state index in [1.807, 2.05) is 126 Å². The Kier molecular flexibility index (Phi) is 52.3. The maximum Gasteiger partial charge on any atom is 0.402 e. The number of aliphatic hydroxyl groups is 1. The van der Waals surface area contributed by atoms with Gasteiger partial charge in [-0.1, -0.05) is 237 Å².